The van der Waals surface area contributed by atoms with Crippen molar-refractivity contribution in [2.24, 2.45) is 11.8 Å². The Morgan fingerprint density at radius 2 is 1.52 bits per heavy atom. The van der Waals surface area contributed by atoms with Crippen LogP contribution in [0.25, 0.3) is 0 Å². The van der Waals surface area contributed by atoms with Crippen molar-refractivity contribution >= 4 is 6.41 Å². The summed E-state index contributed by atoms with van der Waals surface area (Å²) in [6.07, 6.45) is 6.14. The molecule has 126 valence electrons. The molecule has 1 amide bonds. The van der Waals surface area contributed by atoms with E-state index in [1.54, 1.807) is 0 Å². The number of rotatable bonds is 2. The average molecular weight is 299 g/mol. The fourth-order valence-electron chi connectivity index (χ4n) is 2.83. The van der Waals surface area contributed by atoms with Crippen molar-refractivity contribution in [2.45, 2.75) is 73.3 Å². The van der Waals surface area contributed by atoms with E-state index in [0.29, 0.717) is 0 Å². The van der Waals surface area contributed by atoms with Crippen LogP contribution in [-0.4, -0.2) is 48.4 Å². The first-order valence-corrected chi connectivity index (χ1v) is 8.96. The fourth-order valence-corrected chi connectivity index (χ4v) is 2.83. The third-order valence-corrected chi connectivity index (χ3v) is 4.39. The molecule has 2 aliphatic heterocycles. The zero-order valence-electron chi connectivity index (χ0n) is 15.3. The summed E-state index contributed by atoms with van der Waals surface area (Å²) in [5.74, 6) is 1.75. The van der Waals surface area contributed by atoms with Crippen LogP contribution in [0.5, 0.6) is 0 Å². The average Bonchev–Trinajstić information content (AvgIpc) is 2.51. The largest absolute Gasteiger partial charge is 0.345 e. The Bertz CT molecular complexity index is 248. The van der Waals surface area contributed by atoms with Gasteiger partial charge < -0.3 is 9.80 Å². The zero-order valence-corrected chi connectivity index (χ0v) is 15.3. The van der Waals surface area contributed by atoms with Gasteiger partial charge in [-0.3, -0.25) is 4.79 Å². The minimum absolute atomic E-state index is 0.753. The summed E-state index contributed by atoms with van der Waals surface area (Å²) < 4.78 is 0. The summed E-state index contributed by atoms with van der Waals surface area (Å²) in [5.41, 5.74) is 0. The molecule has 0 aromatic carbocycles. The van der Waals surface area contributed by atoms with Gasteiger partial charge in [-0.15, -0.1) is 0 Å². The molecule has 0 aromatic rings. The van der Waals surface area contributed by atoms with Crippen molar-refractivity contribution in [1.29, 1.82) is 0 Å². The molecule has 0 spiro atoms. The van der Waals surface area contributed by atoms with Gasteiger partial charge in [-0.25, -0.2) is 0 Å². The highest BCUT2D eigenvalue weighted by molar-refractivity contribution is 5.46. The Kier molecular flexibility index (Phi) is 11.7. The molecule has 0 aromatic heterocycles. The van der Waals surface area contributed by atoms with Gasteiger partial charge in [0.25, 0.3) is 0 Å². The molecule has 2 heterocycles. The summed E-state index contributed by atoms with van der Waals surface area (Å²) in [4.78, 5) is 14.6. The second-order valence-electron chi connectivity index (χ2n) is 6.66. The number of hydrogen-bond acceptors (Lipinski definition) is 2. The molecule has 2 aliphatic rings. The molecule has 0 radical (unpaired) electrons. The van der Waals surface area contributed by atoms with Gasteiger partial charge in [0, 0.05) is 25.7 Å². The lowest BCUT2D eigenvalue weighted by molar-refractivity contribution is -0.119. The van der Waals surface area contributed by atoms with E-state index in [9.17, 15) is 4.79 Å². The first-order chi connectivity index (χ1) is 10.0. The lowest BCUT2D eigenvalue weighted by Crippen LogP contribution is -2.38. The van der Waals surface area contributed by atoms with Crippen LogP contribution in [0.2, 0.25) is 0 Å². The third-order valence-electron chi connectivity index (χ3n) is 4.39. The highest BCUT2D eigenvalue weighted by Gasteiger charge is 2.17. The molecule has 2 saturated heterocycles. The lowest BCUT2D eigenvalue weighted by Gasteiger charge is -2.33. The van der Waals surface area contributed by atoms with Crippen LogP contribution in [0.1, 0.15) is 67.2 Å². The van der Waals surface area contributed by atoms with Gasteiger partial charge in [-0.1, -0.05) is 27.7 Å². The Morgan fingerprint density at radius 3 is 1.90 bits per heavy atom. The maximum atomic E-state index is 10.2. The molecule has 3 nitrogen and oxygen atoms in total. The summed E-state index contributed by atoms with van der Waals surface area (Å²) in [5, 5.41) is 0. The molecule has 0 saturated carbocycles. The number of amides is 1. The topological polar surface area (TPSA) is 23.6 Å². The van der Waals surface area contributed by atoms with Crippen molar-refractivity contribution in [1.82, 2.24) is 9.80 Å². The molecule has 1 atom stereocenters. The van der Waals surface area contributed by atoms with E-state index >= 15 is 0 Å². The molecule has 0 N–H and O–H groups in total. The number of carbonyl (C=O) groups is 1. The van der Waals surface area contributed by atoms with Gasteiger partial charge in [0.2, 0.25) is 6.41 Å². The second-order valence-corrected chi connectivity index (χ2v) is 6.66. The summed E-state index contributed by atoms with van der Waals surface area (Å²) in [6, 6.07) is 0.753. The molecule has 0 aliphatic carbocycles. The van der Waals surface area contributed by atoms with E-state index < -0.39 is 0 Å². The maximum absolute atomic E-state index is 10.2. The minimum atomic E-state index is 0.753. The lowest BCUT2D eigenvalue weighted by atomic mass is 9.99. The van der Waals surface area contributed by atoms with Crippen molar-refractivity contribution in [3.8, 4) is 0 Å². The molecule has 0 bridgehead atoms. The van der Waals surface area contributed by atoms with Crippen molar-refractivity contribution in [3.05, 3.63) is 0 Å². The standard InChI is InChI=1S/C9H19N.C7H13NO.C2H6/c1-8(2)10-6-4-5-9(3)7-10;1-7-2-4-8(6-9)5-3-7;1-2/h8-9H,4-7H2,1-3H3;6-7H,2-5H2,1H3;1-2H3. The smallest absolute Gasteiger partial charge is 0.209 e. The molecule has 1 unspecified atom stereocenters. The fraction of sp³-hybridized carbons (Fsp3) is 0.944. The highest BCUT2D eigenvalue weighted by Crippen LogP contribution is 2.17. The molecule has 2 rings (SSSR count). The van der Waals surface area contributed by atoms with Crippen LogP contribution < -0.4 is 0 Å². The highest BCUT2D eigenvalue weighted by atomic mass is 16.1. The minimum Gasteiger partial charge on any atom is -0.345 e. The van der Waals surface area contributed by atoms with E-state index in [2.05, 4.69) is 32.6 Å². The number of carbonyl (C=O) groups excluding carboxylic acids is 1. The summed E-state index contributed by atoms with van der Waals surface area (Å²) in [6.45, 7) is 17.7. The monoisotopic (exact) mass is 298 g/mol. The van der Waals surface area contributed by atoms with Gasteiger partial charge >= 0.3 is 0 Å². The van der Waals surface area contributed by atoms with E-state index in [4.69, 9.17) is 0 Å². The number of nitrogens with zero attached hydrogens (tertiary/aromatic N) is 2. The van der Waals surface area contributed by atoms with E-state index in [1.165, 1.54) is 38.8 Å². The van der Waals surface area contributed by atoms with Crippen LogP contribution >= 0.6 is 0 Å². The van der Waals surface area contributed by atoms with Crippen LogP contribution in [-0.2, 0) is 4.79 Å². The number of hydrogen-bond donors (Lipinski definition) is 0. The Morgan fingerprint density at radius 1 is 0.952 bits per heavy atom. The zero-order chi connectivity index (χ0) is 16.3. The molecule has 2 fully saturated rings. The maximum Gasteiger partial charge on any atom is 0.209 e. The Hall–Kier alpha value is -0.570. The second kappa shape index (κ2) is 12.0. The molecular weight excluding hydrogens is 260 g/mol. The number of likely N-dealkylation sites (tertiary alicyclic amines) is 2. The third kappa shape index (κ3) is 9.13. The van der Waals surface area contributed by atoms with Crippen LogP contribution in [0.3, 0.4) is 0 Å². The Balaban J connectivity index is 0.000000342. The predicted octanol–water partition coefficient (Wildman–Crippen LogP) is 4.03. The van der Waals surface area contributed by atoms with Crippen molar-refractivity contribution in [3.63, 3.8) is 0 Å². The van der Waals surface area contributed by atoms with Gasteiger partial charge in [0.1, 0.15) is 0 Å². The van der Waals surface area contributed by atoms with E-state index in [-0.39, 0.29) is 0 Å². The van der Waals surface area contributed by atoms with Gasteiger partial charge in [0.05, 0.1) is 0 Å². The van der Waals surface area contributed by atoms with E-state index in [0.717, 1.165) is 37.4 Å². The van der Waals surface area contributed by atoms with Gasteiger partial charge in [-0.05, 0) is 57.9 Å². The Labute approximate surface area is 133 Å². The summed E-state index contributed by atoms with van der Waals surface area (Å²) >= 11 is 0. The number of piperidine rings is 2. The van der Waals surface area contributed by atoms with Crippen molar-refractivity contribution in [2.75, 3.05) is 26.2 Å². The van der Waals surface area contributed by atoms with Crippen LogP contribution in [0, 0.1) is 11.8 Å². The normalized spacial score (nSPS) is 23.8. The quantitative estimate of drug-likeness (QED) is 0.719. The summed E-state index contributed by atoms with van der Waals surface area (Å²) in [7, 11) is 0. The van der Waals surface area contributed by atoms with Crippen molar-refractivity contribution < 1.29 is 4.79 Å². The SMILES string of the molecule is CC.CC1CCCN(C(C)C)C1.CC1CCN(C=O)CC1. The molecule has 21 heavy (non-hydrogen) atoms. The van der Waals surface area contributed by atoms with Crippen LogP contribution in [0.15, 0.2) is 0 Å². The predicted molar refractivity (Wildman–Crippen MR) is 92.5 cm³/mol. The first-order valence-electron chi connectivity index (χ1n) is 8.96. The van der Waals surface area contributed by atoms with Gasteiger partial charge in [-0.2, -0.15) is 0 Å². The molecular formula is C18H38N2O. The van der Waals surface area contributed by atoms with E-state index in [1.807, 2.05) is 18.7 Å². The molecule has 3 heteroatoms. The first kappa shape index (κ1) is 20.4. The van der Waals surface area contributed by atoms with Gasteiger partial charge in [0.15, 0.2) is 0 Å². The van der Waals surface area contributed by atoms with Crippen LogP contribution in [0.4, 0.5) is 0 Å².